The summed E-state index contributed by atoms with van der Waals surface area (Å²) in [5.41, 5.74) is 0.341. The molecular formula is C16H24N2O2. The zero-order valence-electron chi connectivity index (χ0n) is 12.5. The Labute approximate surface area is 120 Å². The topological polar surface area (TPSA) is 36.7 Å². The van der Waals surface area contributed by atoms with E-state index in [4.69, 9.17) is 4.42 Å². The van der Waals surface area contributed by atoms with Crippen LogP contribution in [-0.4, -0.2) is 47.9 Å². The van der Waals surface area contributed by atoms with Crippen LogP contribution >= 0.6 is 0 Å². The highest BCUT2D eigenvalue weighted by atomic mass is 16.3. The Kier molecular flexibility index (Phi) is 3.59. The Morgan fingerprint density at radius 2 is 1.90 bits per heavy atom. The van der Waals surface area contributed by atoms with E-state index in [1.807, 2.05) is 17.9 Å². The molecule has 0 bridgehead atoms. The molecule has 1 aromatic rings. The molecule has 4 nitrogen and oxygen atoms in total. The molecule has 0 aromatic carbocycles. The van der Waals surface area contributed by atoms with Crippen molar-refractivity contribution in [3.05, 3.63) is 23.7 Å². The third kappa shape index (κ3) is 2.37. The Bertz CT molecular complexity index is 496. The van der Waals surface area contributed by atoms with Gasteiger partial charge in [-0.3, -0.25) is 4.79 Å². The first-order valence-corrected chi connectivity index (χ1v) is 7.68. The first kappa shape index (κ1) is 13.7. The molecule has 4 heteroatoms. The van der Waals surface area contributed by atoms with E-state index < -0.39 is 0 Å². The van der Waals surface area contributed by atoms with E-state index in [1.165, 1.54) is 25.8 Å². The lowest BCUT2D eigenvalue weighted by Gasteiger charge is -2.35. The molecule has 1 amide bonds. The van der Waals surface area contributed by atoms with Gasteiger partial charge in [0, 0.05) is 18.6 Å². The maximum Gasteiger partial charge on any atom is 0.289 e. The van der Waals surface area contributed by atoms with E-state index in [2.05, 4.69) is 11.9 Å². The molecule has 0 unspecified atom stereocenters. The lowest BCUT2D eigenvalue weighted by Crippen LogP contribution is -2.42. The van der Waals surface area contributed by atoms with E-state index in [9.17, 15) is 4.79 Å². The van der Waals surface area contributed by atoms with Crippen LogP contribution in [0, 0.1) is 6.92 Å². The van der Waals surface area contributed by atoms with Gasteiger partial charge in [-0.05, 0) is 64.8 Å². The minimum absolute atomic E-state index is 0.0517. The minimum atomic E-state index is 0.0517. The van der Waals surface area contributed by atoms with Crippen LogP contribution in [0.3, 0.4) is 0 Å². The van der Waals surface area contributed by atoms with Crippen molar-refractivity contribution in [3.8, 4) is 0 Å². The molecule has 3 heterocycles. The second kappa shape index (κ2) is 5.24. The number of hydrogen-bond donors (Lipinski definition) is 0. The maximum absolute atomic E-state index is 12.5. The third-order valence-electron chi connectivity index (χ3n) is 5.10. The molecule has 0 aliphatic carbocycles. The van der Waals surface area contributed by atoms with Crippen molar-refractivity contribution in [2.24, 2.45) is 0 Å². The second-order valence-corrected chi connectivity index (χ2v) is 6.31. The summed E-state index contributed by atoms with van der Waals surface area (Å²) >= 11 is 0. The molecule has 0 radical (unpaired) electrons. The summed E-state index contributed by atoms with van der Waals surface area (Å²) in [4.78, 5) is 17.0. The first-order chi connectivity index (χ1) is 9.61. The smallest absolute Gasteiger partial charge is 0.289 e. The van der Waals surface area contributed by atoms with Crippen molar-refractivity contribution in [1.29, 1.82) is 0 Å². The van der Waals surface area contributed by atoms with E-state index >= 15 is 0 Å². The number of nitrogens with zero attached hydrogens (tertiary/aromatic N) is 2. The van der Waals surface area contributed by atoms with Crippen LogP contribution in [-0.2, 0) is 0 Å². The van der Waals surface area contributed by atoms with Crippen molar-refractivity contribution >= 4 is 5.91 Å². The summed E-state index contributed by atoms with van der Waals surface area (Å²) in [7, 11) is 2.24. The van der Waals surface area contributed by atoms with E-state index in [0.717, 1.165) is 31.7 Å². The van der Waals surface area contributed by atoms with Crippen LogP contribution in [0.25, 0.3) is 0 Å². The molecule has 3 rings (SSSR count). The predicted molar refractivity (Wildman–Crippen MR) is 77.8 cm³/mol. The van der Waals surface area contributed by atoms with Crippen molar-refractivity contribution < 1.29 is 9.21 Å². The molecule has 20 heavy (non-hydrogen) atoms. The SMILES string of the molecule is Cc1ccc(C(=O)N2CCC[C@@]3(CCCN3C)CC2)o1. The van der Waals surface area contributed by atoms with Gasteiger partial charge in [0.2, 0.25) is 0 Å². The van der Waals surface area contributed by atoms with Crippen LogP contribution in [0.2, 0.25) is 0 Å². The van der Waals surface area contributed by atoms with Crippen molar-refractivity contribution in [2.45, 2.75) is 44.6 Å². The Morgan fingerprint density at radius 1 is 1.15 bits per heavy atom. The molecule has 110 valence electrons. The normalized spacial score (nSPS) is 28.0. The fourth-order valence-electron chi connectivity index (χ4n) is 3.79. The zero-order valence-corrected chi connectivity index (χ0v) is 12.5. The van der Waals surface area contributed by atoms with Crippen LogP contribution in [0.4, 0.5) is 0 Å². The molecule has 1 aromatic heterocycles. The molecule has 0 N–H and O–H groups in total. The van der Waals surface area contributed by atoms with Crippen molar-refractivity contribution in [3.63, 3.8) is 0 Å². The Balaban J connectivity index is 1.70. The van der Waals surface area contributed by atoms with Crippen LogP contribution in [0.1, 0.15) is 48.4 Å². The lowest BCUT2D eigenvalue weighted by atomic mass is 9.88. The van der Waals surface area contributed by atoms with Gasteiger partial charge in [-0.15, -0.1) is 0 Å². The number of furan rings is 1. The Hall–Kier alpha value is -1.29. The second-order valence-electron chi connectivity index (χ2n) is 6.31. The minimum Gasteiger partial charge on any atom is -0.456 e. The van der Waals surface area contributed by atoms with Gasteiger partial charge in [0.1, 0.15) is 5.76 Å². The molecule has 2 saturated heterocycles. The van der Waals surface area contributed by atoms with Gasteiger partial charge < -0.3 is 14.2 Å². The van der Waals surface area contributed by atoms with Gasteiger partial charge in [-0.2, -0.15) is 0 Å². The summed E-state index contributed by atoms with van der Waals surface area (Å²) < 4.78 is 5.48. The average Bonchev–Trinajstić information content (AvgIpc) is 2.93. The lowest BCUT2D eigenvalue weighted by molar-refractivity contribution is 0.0716. The number of carbonyl (C=O) groups is 1. The fraction of sp³-hybridized carbons (Fsp3) is 0.688. The third-order valence-corrected chi connectivity index (χ3v) is 5.10. The van der Waals surface area contributed by atoms with Crippen LogP contribution in [0.15, 0.2) is 16.5 Å². The van der Waals surface area contributed by atoms with E-state index in [1.54, 1.807) is 6.07 Å². The summed E-state index contributed by atoms with van der Waals surface area (Å²) in [5.74, 6) is 1.34. The van der Waals surface area contributed by atoms with Gasteiger partial charge in [0.15, 0.2) is 5.76 Å². The van der Waals surface area contributed by atoms with Gasteiger partial charge in [-0.25, -0.2) is 0 Å². The summed E-state index contributed by atoms with van der Waals surface area (Å²) in [6.07, 6.45) is 5.97. The molecule has 2 aliphatic heterocycles. The highest BCUT2D eigenvalue weighted by Gasteiger charge is 2.40. The van der Waals surface area contributed by atoms with Crippen molar-refractivity contribution in [1.82, 2.24) is 9.80 Å². The average molecular weight is 276 g/mol. The first-order valence-electron chi connectivity index (χ1n) is 7.68. The monoisotopic (exact) mass is 276 g/mol. The zero-order chi connectivity index (χ0) is 14.2. The van der Waals surface area contributed by atoms with E-state index in [0.29, 0.717) is 11.3 Å². The molecule has 2 fully saturated rings. The number of hydrogen-bond acceptors (Lipinski definition) is 3. The predicted octanol–water partition coefficient (Wildman–Crippen LogP) is 2.68. The fourth-order valence-corrected chi connectivity index (χ4v) is 3.79. The number of amides is 1. The summed E-state index contributed by atoms with van der Waals surface area (Å²) in [5, 5.41) is 0. The van der Waals surface area contributed by atoms with Crippen molar-refractivity contribution in [2.75, 3.05) is 26.7 Å². The molecule has 1 spiro atoms. The van der Waals surface area contributed by atoms with E-state index in [-0.39, 0.29) is 5.91 Å². The summed E-state index contributed by atoms with van der Waals surface area (Å²) in [6, 6.07) is 3.65. The number of likely N-dealkylation sites (tertiary alicyclic amines) is 2. The summed E-state index contributed by atoms with van der Waals surface area (Å²) in [6.45, 7) is 4.78. The Morgan fingerprint density at radius 3 is 2.50 bits per heavy atom. The number of rotatable bonds is 1. The molecule has 1 atom stereocenters. The van der Waals surface area contributed by atoms with Crippen LogP contribution < -0.4 is 0 Å². The molecule has 0 saturated carbocycles. The quantitative estimate of drug-likeness (QED) is 0.791. The van der Waals surface area contributed by atoms with Crippen LogP contribution in [0.5, 0.6) is 0 Å². The van der Waals surface area contributed by atoms with Gasteiger partial charge in [-0.1, -0.05) is 0 Å². The largest absolute Gasteiger partial charge is 0.456 e. The van der Waals surface area contributed by atoms with Gasteiger partial charge in [0.05, 0.1) is 0 Å². The maximum atomic E-state index is 12.5. The van der Waals surface area contributed by atoms with Gasteiger partial charge >= 0.3 is 0 Å². The molecular weight excluding hydrogens is 252 g/mol. The highest BCUT2D eigenvalue weighted by molar-refractivity contribution is 5.91. The molecule has 2 aliphatic rings. The number of carbonyl (C=O) groups excluding carboxylic acids is 1. The number of aryl methyl sites for hydroxylation is 1. The standard InChI is InChI=1S/C16H24N2O2/c1-13-5-6-14(20-13)15(19)18-11-4-8-16(9-12-18)7-3-10-17(16)2/h5-6H,3-4,7-12H2,1-2H3/t16-/m0/s1. The highest BCUT2D eigenvalue weighted by Crippen LogP contribution is 2.37. The van der Waals surface area contributed by atoms with Gasteiger partial charge in [0.25, 0.3) is 5.91 Å².